The third kappa shape index (κ3) is 3.82. The molecule has 2 aromatic rings. The third-order valence-corrected chi connectivity index (χ3v) is 5.49. The van der Waals surface area contributed by atoms with E-state index in [4.69, 9.17) is 0 Å². The smallest absolute Gasteiger partial charge is 0.254 e. The van der Waals surface area contributed by atoms with Gasteiger partial charge in [0.2, 0.25) is 5.56 Å². The molecule has 5 heteroatoms. The van der Waals surface area contributed by atoms with Crippen LogP contribution in [0.3, 0.4) is 0 Å². The molecule has 2 aromatic heterocycles. The van der Waals surface area contributed by atoms with Crippen LogP contribution >= 0.6 is 0 Å². The molecular formula is C22H27N3O2. The lowest BCUT2D eigenvalue weighted by Crippen LogP contribution is -2.40. The number of amides is 1. The van der Waals surface area contributed by atoms with Gasteiger partial charge in [-0.25, -0.2) is 0 Å². The molecule has 2 aliphatic carbocycles. The zero-order valence-electron chi connectivity index (χ0n) is 16.1. The maximum atomic E-state index is 13.5. The van der Waals surface area contributed by atoms with Crippen LogP contribution in [0.25, 0.3) is 0 Å². The maximum absolute atomic E-state index is 13.5. The average Bonchev–Trinajstić information content (AvgIpc) is 3.50. The highest BCUT2D eigenvalue weighted by Crippen LogP contribution is 2.39. The van der Waals surface area contributed by atoms with Gasteiger partial charge in [0.05, 0.1) is 11.7 Å². The van der Waals surface area contributed by atoms with Crippen LogP contribution in [-0.4, -0.2) is 27.3 Å². The molecule has 0 saturated heterocycles. The highest BCUT2D eigenvalue weighted by atomic mass is 16.2. The maximum Gasteiger partial charge on any atom is 0.254 e. The molecule has 0 bridgehead atoms. The number of carbonyl (C=O) groups excluding carboxylic acids is 1. The van der Waals surface area contributed by atoms with Crippen LogP contribution in [0.1, 0.15) is 78.8 Å². The number of H-pyrrole nitrogens is 1. The molecule has 4 rings (SSSR count). The van der Waals surface area contributed by atoms with E-state index in [1.165, 1.54) is 11.6 Å². The van der Waals surface area contributed by atoms with E-state index >= 15 is 0 Å². The number of carbonyl (C=O) groups is 1. The second-order valence-corrected chi connectivity index (χ2v) is 8.27. The van der Waals surface area contributed by atoms with Crippen molar-refractivity contribution >= 4 is 5.91 Å². The molecule has 0 spiro atoms. The van der Waals surface area contributed by atoms with Gasteiger partial charge < -0.3 is 9.88 Å². The number of fused-ring (bicyclic) bond motifs is 1. The predicted molar refractivity (Wildman–Crippen MR) is 105 cm³/mol. The Morgan fingerprint density at radius 3 is 2.85 bits per heavy atom. The van der Waals surface area contributed by atoms with Crippen molar-refractivity contribution in [3.8, 4) is 0 Å². The Morgan fingerprint density at radius 2 is 2.11 bits per heavy atom. The van der Waals surface area contributed by atoms with E-state index in [9.17, 15) is 9.59 Å². The minimum atomic E-state index is -0.186. The van der Waals surface area contributed by atoms with E-state index < -0.39 is 0 Å². The van der Waals surface area contributed by atoms with Crippen LogP contribution in [0.4, 0.5) is 0 Å². The van der Waals surface area contributed by atoms with E-state index in [1.54, 1.807) is 0 Å². The fraction of sp³-hybridized carbons (Fsp3) is 0.500. The lowest BCUT2D eigenvalue weighted by Gasteiger charge is -2.36. The quantitative estimate of drug-likeness (QED) is 0.876. The summed E-state index contributed by atoms with van der Waals surface area (Å²) in [6.07, 6.45) is 6.97. The molecular weight excluding hydrogens is 338 g/mol. The molecule has 5 nitrogen and oxygen atoms in total. The summed E-state index contributed by atoms with van der Waals surface area (Å²) in [5.74, 6) is 0.689. The molecule has 1 unspecified atom stereocenters. The normalized spacial score (nSPS) is 19.0. The zero-order valence-corrected chi connectivity index (χ0v) is 16.1. The lowest BCUT2D eigenvalue weighted by atomic mass is 9.90. The summed E-state index contributed by atoms with van der Waals surface area (Å²) in [5.41, 5.74) is 3.47. The Bertz CT molecular complexity index is 898. The number of aromatic nitrogens is 2. The van der Waals surface area contributed by atoms with Crippen LogP contribution in [0, 0.1) is 5.92 Å². The van der Waals surface area contributed by atoms with Crippen molar-refractivity contribution in [1.82, 2.24) is 14.9 Å². The Balaban J connectivity index is 1.71. The topological polar surface area (TPSA) is 66.1 Å². The highest BCUT2D eigenvalue weighted by Gasteiger charge is 2.32. The van der Waals surface area contributed by atoms with Crippen molar-refractivity contribution in [1.29, 1.82) is 0 Å². The number of aromatic amines is 1. The molecule has 27 heavy (non-hydrogen) atoms. The second-order valence-electron chi connectivity index (χ2n) is 8.27. The molecule has 2 aliphatic rings. The highest BCUT2D eigenvalue weighted by molar-refractivity contribution is 5.94. The zero-order chi connectivity index (χ0) is 19.0. The molecule has 1 N–H and O–H groups in total. The van der Waals surface area contributed by atoms with Crippen LogP contribution < -0.4 is 5.56 Å². The number of aryl methyl sites for hydroxylation is 1. The van der Waals surface area contributed by atoms with Gasteiger partial charge in [-0.05, 0) is 61.6 Å². The van der Waals surface area contributed by atoms with Gasteiger partial charge in [-0.1, -0.05) is 19.9 Å². The molecule has 2 heterocycles. The van der Waals surface area contributed by atoms with E-state index in [0.717, 1.165) is 43.5 Å². The fourth-order valence-corrected chi connectivity index (χ4v) is 4.10. The number of rotatable bonds is 5. The molecule has 1 amide bonds. The molecule has 142 valence electrons. The predicted octanol–water partition coefficient (Wildman–Crippen LogP) is 3.82. The Hall–Kier alpha value is -2.43. The Morgan fingerprint density at radius 1 is 1.30 bits per heavy atom. The lowest BCUT2D eigenvalue weighted by molar-refractivity contribution is 0.0623. The number of nitrogens with one attached hydrogen (secondary N) is 1. The summed E-state index contributed by atoms with van der Waals surface area (Å²) in [7, 11) is 0. The van der Waals surface area contributed by atoms with Crippen molar-refractivity contribution in [2.24, 2.45) is 5.92 Å². The summed E-state index contributed by atoms with van der Waals surface area (Å²) in [5, 5.41) is 0. The van der Waals surface area contributed by atoms with Crippen molar-refractivity contribution in [2.75, 3.05) is 6.54 Å². The summed E-state index contributed by atoms with van der Waals surface area (Å²) in [4.78, 5) is 35.1. The molecule has 0 aromatic carbocycles. The van der Waals surface area contributed by atoms with E-state index in [2.05, 4.69) is 29.9 Å². The van der Waals surface area contributed by atoms with Crippen molar-refractivity contribution < 1.29 is 4.79 Å². The minimum Gasteiger partial charge on any atom is -0.330 e. The number of pyridine rings is 2. The Kier molecular flexibility index (Phi) is 4.85. The minimum absolute atomic E-state index is 0.0199. The molecule has 1 atom stereocenters. The van der Waals surface area contributed by atoms with Gasteiger partial charge in [-0.2, -0.15) is 0 Å². The van der Waals surface area contributed by atoms with Crippen LogP contribution in [-0.2, 0) is 6.42 Å². The number of hydrogen-bond donors (Lipinski definition) is 1. The number of nitrogens with zero attached hydrogens (tertiary/aromatic N) is 2. The van der Waals surface area contributed by atoms with E-state index in [1.807, 2.05) is 23.2 Å². The van der Waals surface area contributed by atoms with Crippen molar-refractivity contribution in [3.63, 3.8) is 0 Å². The molecule has 0 aliphatic heterocycles. The van der Waals surface area contributed by atoms with Crippen LogP contribution in [0.15, 0.2) is 35.3 Å². The number of hydrogen-bond acceptors (Lipinski definition) is 3. The Labute approximate surface area is 159 Å². The monoisotopic (exact) mass is 365 g/mol. The van der Waals surface area contributed by atoms with E-state index in [0.29, 0.717) is 23.9 Å². The largest absolute Gasteiger partial charge is 0.330 e. The van der Waals surface area contributed by atoms with Crippen LogP contribution in [0.5, 0.6) is 0 Å². The molecule has 1 saturated carbocycles. The molecule has 0 radical (unpaired) electrons. The summed E-state index contributed by atoms with van der Waals surface area (Å²) < 4.78 is 0. The van der Waals surface area contributed by atoms with Gasteiger partial charge in [0.25, 0.3) is 5.91 Å². The second kappa shape index (κ2) is 7.29. The fourth-order valence-electron chi connectivity index (χ4n) is 4.10. The van der Waals surface area contributed by atoms with Gasteiger partial charge in [0.15, 0.2) is 0 Å². The van der Waals surface area contributed by atoms with Gasteiger partial charge in [0.1, 0.15) is 0 Å². The summed E-state index contributed by atoms with van der Waals surface area (Å²) in [6, 6.07) is 7.40. The van der Waals surface area contributed by atoms with Crippen molar-refractivity contribution in [2.45, 2.75) is 57.9 Å². The first-order chi connectivity index (χ1) is 13.0. The first kappa shape index (κ1) is 18.0. The first-order valence-corrected chi connectivity index (χ1v) is 10.0. The van der Waals surface area contributed by atoms with Gasteiger partial charge in [0, 0.05) is 30.1 Å². The van der Waals surface area contributed by atoms with Gasteiger partial charge in [-0.15, -0.1) is 0 Å². The summed E-state index contributed by atoms with van der Waals surface area (Å²) >= 11 is 0. The standard InChI is InChI=1S/C22H27N3O2/c1-14(2)13-25(19-7-3-5-16-6-4-10-23-21(16)19)22(27)17-11-18(15-8-9-15)24-20(26)12-17/h4,6,10-12,14-15,19H,3,5,7-9,13H2,1-2H3,(H,24,26). The van der Waals surface area contributed by atoms with Crippen molar-refractivity contribution in [3.05, 3.63) is 63.3 Å². The van der Waals surface area contributed by atoms with E-state index in [-0.39, 0.29) is 17.5 Å². The average molecular weight is 365 g/mol. The van der Waals surface area contributed by atoms with Crippen LogP contribution in [0.2, 0.25) is 0 Å². The SMILES string of the molecule is CC(C)CN(C(=O)c1cc(C2CC2)[nH]c(=O)c1)C1CCCc2cccnc21. The third-order valence-electron chi connectivity index (χ3n) is 5.49. The van der Waals surface area contributed by atoms with Gasteiger partial charge in [-0.3, -0.25) is 14.6 Å². The molecule has 1 fully saturated rings. The first-order valence-electron chi connectivity index (χ1n) is 10.0. The van der Waals surface area contributed by atoms with Gasteiger partial charge >= 0.3 is 0 Å². The summed E-state index contributed by atoms with van der Waals surface area (Å²) in [6.45, 7) is 4.90.